The lowest BCUT2D eigenvalue weighted by Crippen LogP contribution is -2.36. The van der Waals surface area contributed by atoms with Crippen LogP contribution in [-0.4, -0.2) is 24.8 Å². The van der Waals surface area contributed by atoms with Gasteiger partial charge in [-0.3, -0.25) is 4.99 Å². The van der Waals surface area contributed by atoms with Gasteiger partial charge in [0.2, 0.25) is 0 Å². The maximum Gasteiger partial charge on any atom is 0.387 e. The second-order valence-corrected chi connectivity index (χ2v) is 4.90. The van der Waals surface area contributed by atoms with E-state index in [1.165, 1.54) is 6.07 Å². The average molecular weight is 338 g/mol. The standard InChI is InChI=1S/C16H20F2N4O2/c1-3-12-8-13(24-22-12)10-21-16(19-2)20-9-11-6-4-5-7-14(11)23-15(17)18/h4-8,15H,3,9-10H2,1-2H3,(H2,19,20,21). The zero-order chi connectivity index (χ0) is 17.4. The molecule has 1 heterocycles. The van der Waals surface area contributed by atoms with Gasteiger partial charge in [0.05, 0.1) is 12.2 Å². The zero-order valence-electron chi connectivity index (χ0n) is 13.6. The van der Waals surface area contributed by atoms with Crippen molar-refractivity contribution in [2.24, 2.45) is 4.99 Å². The van der Waals surface area contributed by atoms with Gasteiger partial charge in [0.1, 0.15) is 5.75 Å². The number of hydrogen-bond acceptors (Lipinski definition) is 4. The fraction of sp³-hybridized carbons (Fsp3) is 0.375. The van der Waals surface area contributed by atoms with Gasteiger partial charge in [-0.15, -0.1) is 0 Å². The van der Waals surface area contributed by atoms with Gasteiger partial charge in [0.25, 0.3) is 0 Å². The Hall–Kier alpha value is -2.64. The smallest absolute Gasteiger partial charge is 0.387 e. The Morgan fingerprint density at radius 2 is 2.04 bits per heavy atom. The molecule has 0 atom stereocenters. The summed E-state index contributed by atoms with van der Waals surface area (Å²) in [6.07, 6.45) is 0.803. The molecule has 0 aliphatic heterocycles. The number of aryl methyl sites for hydroxylation is 1. The van der Waals surface area contributed by atoms with Gasteiger partial charge in [-0.2, -0.15) is 8.78 Å². The molecular formula is C16H20F2N4O2. The molecular weight excluding hydrogens is 318 g/mol. The van der Waals surface area contributed by atoms with Crippen molar-refractivity contribution in [1.29, 1.82) is 0 Å². The topological polar surface area (TPSA) is 71.7 Å². The van der Waals surface area contributed by atoms with Crippen molar-refractivity contribution < 1.29 is 18.0 Å². The first kappa shape index (κ1) is 17.7. The Morgan fingerprint density at radius 1 is 1.29 bits per heavy atom. The summed E-state index contributed by atoms with van der Waals surface area (Å²) in [5.41, 5.74) is 1.49. The van der Waals surface area contributed by atoms with Crippen LogP contribution in [0.25, 0.3) is 0 Å². The van der Waals surface area contributed by atoms with Crippen molar-refractivity contribution in [3.05, 3.63) is 47.3 Å². The second kappa shape index (κ2) is 8.85. The van der Waals surface area contributed by atoms with Crippen LogP contribution in [0.1, 0.15) is 23.9 Å². The van der Waals surface area contributed by atoms with E-state index in [0.29, 0.717) is 30.4 Å². The highest BCUT2D eigenvalue weighted by atomic mass is 19.3. The first-order valence-corrected chi connectivity index (χ1v) is 7.54. The molecule has 0 radical (unpaired) electrons. The largest absolute Gasteiger partial charge is 0.434 e. The number of aromatic nitrogens is 1. The molecule has 2 N–H and O–H groups in total. The van der Waals surface area contributed by atoms with Crippen molar-refractivity contribution in [3.8, 4) is 5.75 Å². The van der Waals surface area contributed by atoms with Gasteiger partial charge in [0.15, 0.2) is 11.7 Å². The van der Waals surface area contributed by atoms with Gasteiger partial charge in [-0.05, 0) is 12.5 Å². The number of ether oxygens (including phenoxy) is 1. The summed E-state index contributed by atoms with van der Waals surface area (Å²) in [7, 11) is 1.62. The van der Waals surface area contributed by atoms with E-state index < -0.39 is 6.61 Å². The van der Waals surface area contributed by atoms with Crippen LogP contribution in [0.5, 0.6) is 5.75 Å². The molecule has 1 aromatic heterocycles. The molecule has 0 fully saturated rings. The summed E-state index contributed by atoms with van der Waals surface area (Å²) in [4.78, 5) is 4.08. The molecule has 0 aliphatic rings. The number of nitrogens with zero attached hydrogens (tertiary/aromatic N) is 2. The van der Waals surface area contributed by atoms with Gasteiger partial charge >= 0.3 is 6.61 Å². The van der Waals surface area contributed by atoms with E-state index in [1.807, 2.05) is 13.0 Å². The molecule has 0 spiro atoms. The van der Waals surface area contributed by atoms with Crippen LogP contribution < -0.4 is 15.4 Å². The number of benzene rings is 1. The summed E-state index contributed by atoms with van der Waals surface area (Å²) < 4.78 is 34.5. The SMILES string of the molecule is CCc1cc(CNC(=NC)NCc2ccccc2OC(F)F)on1. The van der Waals surface area contributed by atoms with E-state index in [0.717, 1.165) is 12.1 Å². The maximum atomic E-state index is 12.4. The molecule has 0 amide bonds. The van der Waals surface area contributed by atoms with Crippen LogP contribution in [0, 0.1) is 0 Å². The fourth-order valence-corrected chi connectivity index (χ4v) is 2.04. The van der Waals surface area contributed by atoms with Gasteiger partial charge in [0, 0.05) is 25.2 Å². The number of halogens is 2. The summed E-state index contributed by atoms with van der Waals surface area (Å²) in [5.74, 6) is 1.34. The van der Waals surface area contributed by atoms with Gasteiger partial charge < -0.3 is 19.9 Å². The van der Waals surface area contributed by atoms with Crippen molar-refractivity contribution in [3.63, 3.8) is 0 Å². The van der Waals surface area contributed by atoms with E-state index in [9.17, 15) is 8.78 Å². The molecule has 6 nitrogen and oxygen atoms in total. The summed E-state index contributed by atoms with van der Waals surface area (Å²) in [5, 5.41) is 10.0. The van der Waals surface area contributed by atoms with Crippen LogP contribution in [0.3, 0.4) is 0 Å². The monoisotopic (exact) mass is 338 g/mol. The van der Waals surface area contributed by atoms with Gasteiger partial charge in [-0.25, -0.2) is 0 Å². The molecule has 0 saturated carbocycles. The van der Waals surface area contributed by atoms with E-state index in [4.69, 9.17) is 4.52 Å². The van der Waals surface area contributed by atoms with E-state index in [2.05, 4.69) is 25.5 Å². The molecule has 2 rings (SSSR count). The van der Waals surface area contributed by atoms with Gasteiger partial charge in [-0.1, -0.05) is 30.3 Å². The lowest BCUT2D eigenvalue weighted by molar-refractivity contribution is -0.0504. The molecule has 0 unspecified atom stereocenters. The lowest BCUT2D eigenvalue weighted by atomic mass is 10.2. The number of aliphatic imine (C=N–C) groups is 1. The maximum absolute atomic E-state index is 12.4. The average Bonchev–Trinajstić information content (AvgIpc) is 3.04. The van der Waals surface area contributed by atoms with Crippen molar-refractivity contribution >= 4 is 5.96 Å². The number of guanidine groups is 1. The predicted molar refractivity (Wildman–Crippen MR) is 86.0 cm³/mol. The van der Waals surface area contributed by atoms with Crippen molar-refractivity contribution in [1.82, 2.24) is 15.8 Å². The molecule has 0 bridgehead atoms. The van der Waals surface area contributed by atoms with Crippen LogP contribution in [0.4, 0.5) is 8.78 Å². The Labute approximate surface area is 138 Å². The van der Waals surface area contributed by atoms with Crippen LogP contribution in [0.2, 0.25) is 0 Å². The van der Waals surface area contributed by atoms with Crippen molar-refractivity contribution in [2.75, 3.05) is 7.05 Å². The first-order valence-electron chi connectivity index (χ1n) is 7.54. The minimum atomic E-state index is -2.86. The van der Waals surface area contributed by atoms with Crippen molar-refractivity contribution in [2.45, 2.75) is 33.0 Å². The number of alkyl halides is 2. The van der Waals surface area contributed by atoms with E-state index >= 15 is 0 Å². The predicted octanol–water partition coefficient (Wildman–Crippen LogP) is 2.70. The molecule has 8 heteroatoms. The molecule has 1 aromatic carbocycles. The quantitative estimate of drug-likeness (QED) is 0.600. The third-order valence-corrected chi connectivity index (χ3v) is 3.26. The second-order valence-electron chi connectivity index (χ2n) is 4.90. The molecule has 130 valence electrons. The molecule has 24 heavy (non-hydrogen) atoms. The number of nitrogens with one attached hydrogen (secondary N) is 2. The highest BCUT2D eigenvalue weighted by molar-refractivity contribution is 5.79. The normalized spacial score (nSPS) is 11.6. The third-order valence-electron chi connectivity index (χ3n) is 3.26. The Kier molecular flexibility index (Phi) is 6.53. The fourth-order valence-electron chi connectivity index (χ4n) is 2.04. The number of rotatable bonds is 7. The van der Waals surface area contributed by atoms with Crippen LogP contribution >= 0.6 is 0 Å². The molecule has 2 aromatic rings. The Morgan fingerprint density at radius 3 is 2.71 bits per heavy atom. The highest BCUT2D eigenvalue weighted by Crippen LogP contribution is 2.19. The summed E-state index contributed by atoms with van der Waals surface area (Å²) in [6.45, 7) is -0.155. The lowest BCUT2D eigenvalue weighted by Gasteiger charge is -2.13. The number of hydrogen-bond donors (Lipinski definition) is 2. The minimum absolute atomic E-state index is 0.137. The highest BCUT2D eigenvalue weighted by Gasteiger charge is 2.10. The third kappa shape index (κ3) is 5.22. The van der Waals surface area contributed by atoms with Crippen LogP contribution in [-0.2, 0) is 19.5 Å². The summed E-state index contributed by atoms with van der Waals surface area (Å²) >= 11 is 0. The minimum Gasteiger partial charge on any atom is -0.434 e. The summed E-state index contributed by atoms with van der Waals surface area (Å²) in [6, 6.07) is 8.48. The molecule has 0 aliphatic carbocycles. The first-order chi connectivity index (χ1) is 11.6. The van der Waals surface area contributed by atoms with E-state index in [-0.39, 0.29) is 5.75 Å². The Bertz CT molecular complexity index is 674. The van der Waals surface area contributed by atoms with Crippen LogP contribution in [0.15, 0.2) is 39.8 Å². The van der Waals surface area contributed by atoms with E-state index in [1.54, 1.807) is 25.2 Å². The Balaban J connectivity index is 1.89. The molecule has 0 saturated heterocycles. The zero-order valence-corrected chi connectivity index (χ0v) is 13.6. The number of para-hydroxylation sites is 1.